The van der Waals surface area contributed by atoms with Gasteiger partial charge in [0.05, 0.1) is 26.7 Å². The van der Waals surface area contributed by atoms with E-state index in [1.165, 1.54) is 32.1 Å². The molecule has 1 amide bonds. The van der Waals surface area contributed by atoms with E-state index in [-0.39, 0.29) is 12.5 Å². The number of carbonyl (C=O) groups excluding carboxylic acids is 2. The Kier molecular flexibility index (Phi) is 9.02. The Morgan fingerprint density at radius 2 is 1.81 bits per heavy atom. The number of piperidine rings is 1. The highest BCUT2D eigenvalue weighted by atomic mass is 16.4. The summed E-state index contributed by atoms with van der Waals surface area (Å²) in [4.78, 5) is 21.7. The minimum Gasteiger partial charge on any atom is -0.550 e. The van der Waals surface area contributed by atoms with Crippen LogP contribution in [-0.2, 0) is 16.6 Å². The van der Waals surface area contributed by atoms with Crippen molar-refractivity contribution in [3.05, 3.63) is 47.0 Å². The van der Waals surface area contributed by atoms with E-state index in [0.717, 1.165) is 47.8 Å². The lowest BCUT2D eigenvalue weighted by Gasteiger charge is -2.63. The molecule has 0 radical (unpaired) electrons. The minimum absolute atomic E-state index is 0.0296. The molecular weight excluding hydrogens is 456 g/mol. The summed E-state index contributed by atoms with van der Waals surface area (Å²) in [5.41, 5.74) is 6.51. The summed E-state index contributed by atoms with van der Waals surface area (Å²) in [5, 5.41) is 32.1. The van der Waals surface area contributed by atoms with E-state index in [4.69, 9.17) is 5.73 Å². The summed E-state index contributed by atoms with van der Waals surface area (Å²) >= 11 is 0. The van der Waals surface area contributed by atoms with Crippen LogP contribution < -0.4 is 10.8 Å². The van der Waals surface area contributed by atoms with Gasteiger partial charge < -0.3 is 30.3 Å². The van der Waals surface area contributed by atoms with Crippen molar-refractivity contribution in [3.8, 4) is 0 Å². The molecule has 0 spiro atoms. The number of rotatable bonds is 9. The molecule has 7 nitrogen and oxygen atoms in total. The van der Waals surface area contributed by atoms with Crippen LogP contribution in [0.5, 0.6) is 0 Å². The number of benzene rings is 1. The monoisotopic (exact) mass is 500 g/mol. The first-order chi connectivity index (χ1) is 17.0. The van der Waals surface area contributed by atoms with Gasteiger partial charge in [-0.1, -0.05) is 57.6 Å². The average Bonchev–Trinajstić information content (AvgIpc) is 2.82. The number of hydrogen-bond acceptors (Lipinski definition) is 5. The number of amides is 1. The Balaban J connectivity index is 0.000000257. The van der Waals surface area contributed by atoms with Crippen LogP contribution >= 0.6 is 0 Å². The number of nitrogens with two attached hydrogens (primary N) is 1. The molecule has 4 N–H and O–H groups in total. The maximum atomic E-state index is 11.8. The third-order valence-electron chi connectivity index (χ3n) is 8.67. The molecule has 36 heavy (non-hydrogen) atoms. The third-order valence-corrected chi connectivity index (χ3v) is 8.67. The Morgan fingerprint density at radius 3 is 2.44 bits per heavy atom. The maximum Gasteiger partial charge on any atom is 0.248 e. The number of likely N-dealkylation sites (tertiary alicyclic amines) is 1. The molecule has 1 aromatic rings. The van der Waals surface area contributed by atoms with Crippen molar-refractivity contribution in [3.63, 3.8) is 0 Å². The van der Waals surface area contributed by atoms with Gasteiger partial charge in [-0.25, -0.2) is 0 Å². The molecule has 2 bridgehead atoms. The summed E-state index contributed by atoms with van der Waals surface area (Å²) < 4.78 is 0.746. The number of unbranched alkanes of at least 4 members (excludes halogenated alkanes) is 6. The summed E-state index contributed by atoms with van der Waals surface area (Å²) in [6.45, 7) is 3.11. The number of nitrogens with zero attached hydrogens (tertiary/aromatic N) is 1. The smallest absolute Gasteiger partial charge is 0.248 e. The number of hydrogen-bond donors (Lipinski definition) is 3. The average molecular weight is 501 g/mol. The zero-order valence-electron chi connectivity index (χ0n) is 22.2. The third kappa shape index (κ3) is 5.68. The van der Waals surface area contributed by atoms with Crippen molar-refractivity contribution in [1.82, 2.24) is 0 Å². The van der Waals surface area contributed by atoms with Gasteiger partial charge in [0.2, 0.25) is 5.91 Å². The highest BCUT2D eigenvalue weighted by Crippen LogP contribution is 2.57. The molecule has 1 aliphatic heterocycles. The standard InChI is InChI=1S/C19H24N2O3.C10H20O2/c1-21(2)8-7-18-11-14(22)5-6-19(18,24)16(21)10-12-3-4-13(17(20)23)9-15(12)18;1-2-3-4-5-6-7-8-9-10(11)12/h3-6,9,14,16,22,24H,7-8,10-11H2,1-2H3,(H-,20,23);2-9H2,1H3,(H,11,12)/t14?,16-,18-,19-;/m1./s1. The van der Waals surface area contributed by atoms with Crippen molar-refractivity contribution in [1.29, 1.82) is 0 Å². The Morgan fingerprint density at radius 1 is 1.14 bits per heavy atom. The summed E-state index contributed by atoms with van der Waals surface area (Å²) in [6, 6.07) is 5.62. The lowest BCUT2D eigenvalue weighted by molar-refractivity contribution is -0.930. The van der Waals surface area contributed by atoms with E-state index in [0.29, 0.717) is 12.0 Å². The van der Waals surface area contributed by atoms with Gasteiger partial charge in [-0.15, -0.1) is 0 Å². The predicted octanol–water partition coefficient (Wildman–Crippen LogP) is 2.36. The Bertz CT molecular complexity index is 974. The molecule has 0 aromatic heterocycles. The minimum atomic E-state index is -1.02. The molecule has 4 rings (SSSR count). The van der Waals surface area contributed by atoms with Gasteiger partial charge >= 0.3 is 0 Å². The molecule has 1 unspecified atom stereocenters. The molecule has 1 fully saturated rings. The van der Waals surface area contributed by atoms with Crippen LogP contribution in [0.25, 0.3) is 0 Å². The lowest BCUT2D eigenvalue weighted by Crippen LogP contribution is -2.76. The molecule has 1 saturated heterocycles. The molecule has 7 heteroatoms. The number of aliphatic carboxylic acids is 1. The molecule has 1 heterocycles. The number of quaternary nitrogens is 1. The van der Waals surface area contributed by atoms with Gasteiger partial charge in [0.1, 0.15) is 11.6 Å². The number of fused-ring (bicyclic) bond motifs is 1. The van der Waals surface area contributed by atoms with E-state index in [2.05, 4.69) is 21.0 Å². The number of aliphatic hydroxyl groups excluding tert-OH is 1. The molecular formula is C29H44N2O5. The van der Waals surface area contributed by atoms with Crippen LogP contribution in [-0.4, -0.2) is 65.0 Å². The van der Waals surface area contributed by atoms with Gasteiger partial charge in [0.25, 0.3) is 0 Å². The van der Waals surface area contributed by atoms with Gasteiger partial charge in [-0.05, 0) is 48.6 Å². The zero-order valence-corrected chi connectivity index (χ0v) is 22.2. The van der Waals surface area contributed by atoms with E-state index in [1.807, 2.05) is 18.2 Å². The second-order valence-electron chi connectivity index (χ2n) is 11.5. The van der Waals surface area contributed by atoms with Crippen LogP contribution in [0, 0.1) is 0 Å². The fraction of sp³-hybridized carbons (Fsp3) is 0.655. The van der Waals surface area contributed by atoms with Crippen LogP contribution in [0.3, 0.4) is 0 Å². The van der Waals surface area contributed by atoms with Crippen LogP contribution in [0.2, 0.25) is 0 Å². The number of carbonyl (C=O) groups is 2. The van der Waals surface area contributed by atoms with Crippen molar-refractivity contribution in [2.24, 2.45) is 5.73 Å². The SMILES string of the molecule is CCCCCCCCCC(=O)[O-].C[N+]1(C)CC[C@]23CC(O)C=C[C@@]2(O)[C@H]1Cc1ccc(C(N)=O)cc13. The summed E-state index contributed by atoms with van der Waals surface area (Å²) in [6.07, 6.45) is 13.3. The molecule has 4 atom stereocenters. The summed E-state index contributed by atoms with van der Waals surface area (Å²) in [5.74, 6) is -1.37. The van der Waals surface area contributed by atoms with Gasteiger partial charge in [-0.3, -0.25) is 4.79 Å². The molecule has 0 saturated carbocycles. The van der Waals surface area contributed by atoms with Crippen molar-refractivity contribution < 1.29 is 29.4 Å². The van der Waals surface area contributed by atoms with Crippen LogP contribution in [0.1, 0.15) is 92.6 Å². The zero-order chi connectivity index (χ0) is 26.6. The van der Waals surface area contributed by atoms with E-state index in [1.54, 1.807) is 12.1 Å². The van der Waals surface area contributed by atoms with Crippen molar-refractivity contribution >= 4 is 11.9 Å². The second kappa shape index (κ2) is 11.4. The van der Waals surface area contributed by atoms with Crippen LogP contribution in [0.15, 0.2) is 30.4 Å². The topological polar surface area (TPSA) is 124 Å². The molecule has 3 aliphatic rings. The predicted molar refractivity (Wildman–Crippen MR) is 138 cm³/mol. The van der Waals surface area contributed by atoms with Crippen molar-refractivity contribution in [2.75, 3.05) is 20.6 Å². The Hall–Kier alpha value is -2.22. The normalized spacial score (nSPS) is 29.4. The first-order valence-electron chi connectivity index (χ1n) is 13.5. The van der Waals surface area contributed by atoms with Crippen molar-refractivity contribution in [2.45, 2.75) is 101 Å². The van der Waals surface area contributed by atoms with Gasteiger partial charge in [0.15, 0.2) is 0 Å². The number of carboxylic acids is 1. The summed E-state index contributed by atoms with van der Waals surface area (Å²) in [7, 11) is 4.32. The van der Waals surface area contributed by atoms with E-state index in [9.17, 15) is 24.9 Å². The van der Waals surface area contributed by atoms with Gasteiger partial charge in [0, 0.05) is 29.8 Å². The molecule has 1 aromatic carbocycles. The quantitative estimate of drug-likeness (QED) is 0.273. The van der Waals surface area contributed by atoms with Gasteiger partial charge in [-0.2, -0.15) is 0 Å². The highest BCUT2D eigenvalue weighted by Gasteiger charge is 2.67. The largest absolute Gasteiger partial charge is 0.550 e. The van der Waals surface area contributed by atoms with Crippen LogP contribution in [0.4, 0.5) is 0 Å². The number of aliphatic hydroxyl groups is 2. The number of carboxylic acid groups (broad SMARTS) is 1. The molecule has 200 valence electrons. The maximum absolute atomic E-state index is 11.8. The second-order valence-corrected chi connectivity index (χ2v) is 11.5. The molecule has 2 aliphatic carbocycles. The fourth-order valence-corrected chi connectivity index (χ4v) is 6.56. The first kappa shape index (κ1) is 28.4. The van der Waals surface area contributed by atoms with E-state index >= 15 is 0 Å². The first-order valence-corrected chi connectivity index (χ1v) is 13.5. The Labute approximate surface area is 215 Å². The van der Waals surface area contributed by atoms with E-state index < -0.39 is 29.0 Å². The number of primary amides is 1. The number of likely N-dealkylation sites (N-methyl/N-ethyl adjacent to an activating group) is 1. The lowest BCUT2D eigenvalue weighted by atomic mass is 9.50. The fourth-order valence-electron chi connectivity index (χ4n) is 6.56. The highest BCUT2D eigenvalue weighted by molar-refractivity contribution is 5.93.